The van der Waals surface area contributed by atoms with Gasteiger partial charge in [-0.05, 0) is 41.0 Å². The van der Waals surface area contributed by atoms with E-state index in [4.69, 9.17) is 9.15 Å². The fourth-order valence-electron chi connectivity index (χ4n) is 4.64. The van der Waals surface area contributed by atoms with E-state index < -0.39 is 0 Å². The molecule has 2 aromatic heterocycles. The number of para-hydroxylation sites is 1. The molecule has 1 saturated heterocycles. The van der Waals surface area contributed by atoms with Crippen molar-refractivity contribution in [3.05, 3.63) is 88.6 Å². The van der Waals surface area contributed by atoms with Gasteiger partial charge in [0.25, 0.3) is 0 Å². The number of fused-ring (bicyclic) bond motifs is 3. The predicted octanol–water partition coefficient (Wildman–Crippen LogP) is 4.77. The maximum Gasteiger partial charge on any atom is 0.311 e. The number of rotatable bonds is 4. The number of pyridine rings is 1. The molecule has 6 heteroatoms. The highest BCUT2D eigenvalue weighted by Crippen LogP contribution is 2.27. The molecule has 1 fully saturated rings. The number of nitrogens with zero attached hydrogens (tertiary/aromatic N) is 2. The molecule has 1 aliphatic heterocycles. The van der Waals surface area contributed by atoms with Gasteiger partial charge >= 0.3 is 5.97 Å². The summed E-state index contributed by atoms with van der Waals surface area (Å²) < 4.78 is 10.8. The number of benzene rings is 3. The summed E-state index contributed by atoms with van der Waals surface area (Å²) in [6, 6.07) is 23.5. The van der Waals surface area contributed by atoms with Crippen LogP contribution in [0, 0.1) is 5.92 Å². The number of methoxy groups -OCH3 is 1. The highest BCUT2D eigenvalue weighted by molar-refractivity contribution is 5.96. The summed E-state index contributed by atoms with van der Waals surface area (Å²) in [6.07, 6.45) is 0. The van der Waals surface area contributed by atoms with E-state index >= 15 is 0 Å². The Morgan fingerprint density at radius 2 is 1.76 bits per heavy atom. The second-order valence-electron chi connectivity index (χ2n) is 8.79. The quantitative estimate of drug-likeness (QED) is 0.290. The van der Waals surface area contributed by atoms with Gasteiger partial charge in [-0.2, -0.15) is 0 Å². The molecule has 0 saturated carbocycles. The Balaban J connectivity index is 1.29. The highest BCUT2D eigenvalue weighted by atomic mass is 16.5. The molecular weight excluding hydrogens is 428 g/mol. The second kappa shape index (κ2) is 8.08. The molecule has 3 aromatic carbocycles. The molecule has 168 valence electrons. The summed E-state index contributed by atoms with van der Waals surface area (Å²) in [5.41, 5.74) is 4.76. The van der Waals surface area contributed by atoms with Gasteiger partial charge in [0.2, 0.25) is 11.1 Å². The molecule has 5 aromatic rings. The van der Waals surface area contributed by atoms with Crippen molar-refractivity contribution in [1.82, 2.24) is 9.88 Å². The van der Waals surface area contributed by atoms with Crippen molar-refractivity contribution >= 4 is 38.9 Å². The summed E-state index contributed by atoms with van der Waals surface area (Å²) >= 11 is 0. The molecule has 3 heterocycles. The van der Waals surface area contributed by atoms with Crippen LogP contribution < -0.4 is 5.43 Å². The molecule has 6 rings (SSSR count). The summed E-state index contributed by atoms with van der Waals surface area (Å²) in [6.45, 7) is 2.25. The zero-order valence-electron chi connectivity index (χ0n) is 18.7. The van der Waals surface area contributed by atoms with Crippen LogP contribution in [0.15, 0.2) is 82.0 Å². The molecule has 0 aliphatic carbocycles. The Bertz CT molecular complexity index is 1620. The van der Waals surface area contributed by atoms with Gasteiger partial charge in [-0.3, -0.25) is 14.5 Å². The summed E-state index contributed by atoms with van der Waals surface area (Å²) in [7, 11) is 1.43. The minimum absolute atomic E-state index is 0.0159. The number of esters is 1. The van der Waals surface area contributed by atoms with E-state index in [1.54, 1.807) is 0 Å². The van der Waals surface area contributed by atoms with Crippen LogP contribution in [0.25, 0.3) is 44.1 Å². The Hall–Kier alpha value is -4.03. The van der Waals surface area contributed by atoms with E-state index in [0.717, 1.165) is 41.7 Å². The first kappa shape index (κ1) is 20.6. The zero-order valence-corrected chi connectivity index (χ0v) is 18.7. The molecule has 0 spiro atoms. The highest BCUT2D eigenvalue weighted by Gasteiger charge is 2.33. The number of ether oxygens (including phenoxy) is 1. The maximum absolute atomic E-state index is 13.3. The van der Waals surface area contributed by atoms with Crippen molar-refractivity contribution < 1.29 is 13.9 Å². The third kappa shape index (κ3) is 3.53. The molecule has 0 radical (unpaired) electrons. The van der Waals surface area contributed by atoms with E-state index in [9.17, 15) is 9.59 Å². The van der Waals surface area contributed by atoms with E-state index in [0.29, 0.717) is 22.1 Å². The summed E-state index contributed by atoms with van der Waals surface area (Å²) in [4.78, 5) is 31.6. The third-order valence-electron chi connectivity index (χ3n) is 6.55. The van der Waals surface area contributed by atoms with E-state index in [1.807, 2.05) is 48.5 Å². The van der Waals surface area contributed by atoms with Crippen molar-refractivity contribution in [3.8, 4) is 11.1 Å². The Morgan fingerprint density at radius 1 is 1.00 bits per heavy atom. The average molecular weight is 450 g/mol. The first-order valence-electron chi connectivity index (χ1n) is 11.2. The molecule has 34 heavy (non-hydrogen) atoms. The van der Waals surface area contributed by atoms with Crippen LogP contribution in [0.1, 0.15) is 5.56 Å². The summed E-state index contributed by atoms with van der Waals surface area (Å²) in [5, 5.41) is 1.94. The standard InChI is InChI=1S/C28H22N2O4/c1-33-28(32)21-15-30(16-21)14-17-6-8-18(9-7-17)19-10-11-25-22(12-19)26(31)23-13-20-4-2-3-5-24(20)29-27(23)34-25/h2-13,21H,14-16H2,1H3. The minimum Gasteiger partial charge on any atom is -0.469 e. The first-order chi connectivity index (χ1) is 16.6. The molecule has 6 nitrogen and oxygen atoms in total. The van der Waals surface area contributed by atoms with Gasteiger partial charge in [0, 0.05) is 25.0 Å². The lowest BCUT2D eigenvalue weighted by Crippen LogP contribution is -2.49. The largest absolute Gasteiger partial charge is 0.469 e. The number of carbonyl (C=O) groups excluding carboxylic acids is 1. The van der Waals surface area contributed by atoms with Crippen LogP contribution >= 0.6 is 0 Å². The lowest BCUT2D eigenvalue weighted by molar-refractivity contribution is -0.151. The van der Waals surface area contributed by atoms with Crippen LogP contribution in [0.4, 0.5) is 0 Å². The van der Waals surface area contributed by atoms with Crippen molar-refractivity contribution in [2.45, 2.75) is 6.54 Å². The van der Waals surface area contributed by atoms with Gasteiger partial charge in [-0.15, -0.1) is 0 Å². The first-order valence-corrected chi connectivity index (χ1v) is 11.2. The van der Waals surface area contributed by atoms with Gasteiger partial charge in [0.1, 0.15) is 5.58 Å². The predicted molar refractivity (Wildman–Crippen MR) is 132 cm³/mol. The topological polar surface area (TPSA) is 72.6 Å². The van der Waals surface area contributed by atoms with E-state index in [-0.39, 0.29) is 17.3 Å². The zero-order chi connectivity index (χ0) is 23.2. The summed E-state index contributed by atoms with van der Waals surface area (Å²) in [5.74, 6) is -0.151. The molecule has 0 atom stereocenters. The number of carbonyl (C=O) groups is 1. The van der Waals surface area contributed by atoms with Crippen molar-refractivity contribution in [2.75, 3.05) is 20.2 Å². The Labute approximate surface area is 195 Å². The van der Waals surface area contributed by atoms with Gasteiger partial charge in [-0.1, -0.05) is 48.5 Å². The Kier molecular flexibility index (Phi) is 4.89. The van der Waals surface area contributed by atoms with Gasteiger partial charge in [0.15, 0.2) is 0 Å². The van der Waals surface area contributed by atoms with Crippen LogP contribution in [-0.2, 0) is 16.1 Å². The number of aromatic nitrogens is 1. The van der Waals surface area contributed by atoms with Crippen LogP contribution in [0.5, 0.6) is 0 Å². The molecule has 0 N–H and O–H groups in total. The molecule has 0 unspecified atom stereocenters. The fourth-order valence-corrected chi connectivity index (χ4v) is 4.64. The van der Waals surface area contributed by atoms with Gasteiger partial charge < -0.3 is 9.15 Å². The van der Waals surface area contributed by atoms with Gasteiger partial charge in [0.05, 0.1) is 29.3 Å². The molecule has 0 bridgehead atoms. The van der Waals surface area contributed by atoms with Crippen molar-refractivity contribution in [3.63, 3.8) is 0 Å². The number of likely N-dealkylation sites (tertiary alicyclic amines) is 1. The molecule has 1 aliphatic rings. The minimum atomic E-state index is -0.135. The second-order valence-corrected chi connectivity index (χ2v) is 8.79. The number of hydrogen-bond donors (Lipinski definition) is 0. The van der Waals surface area contributed by atoms with E-state index in [2.05, 4.69) is 34.1 Å². The smallest absolute Gasteiger partial charge is 0.311 e. The van der Waals surface area contributed by atoms with Crippen LogP contribution in [-0.4, -0.2) is 36.1 Å². The van der Waals surface area contributed by atoms with Crippen molar-refractivity contribution in [2.24, 2.45) is 5.92 Å². The SMILES string of the molecule is COC(=O)C1CN(Cc2ccc(-c3ccc4oc5nc6ccccc6cc5c(=O)c4c3)cc2)C1. The van der Waals surface area contributed by atoms with Crippen LogP contribution in [0.3, 0.4) is 0 Å². The normalized spacial score (nSPS) is 14.5. The molecule has 0 amide bonds. The number of hydrogen-bond acceptors (Lipinski definition) is 6. The molecular formula is C28H22N2O4. The maximum atomic E-state index is 13.3. The monoisotopic (exact) mass is 450 g/mol. The van der Waals surface area contributed by atoms with E-state index in [1.165, 1.54) is 12.7 Å². The average Bonchev–Trinajstić information content (AvgIpc) is 2.85. The Morgan fingerprint density at radius 3 is 2.56 bits per heavy atom. The third-order valence-corrected chi connectivity index (χ3v) is 6.55. The lowest BCUT2D eigenvalue weighted by atomic mass is 9.98. The lowest BCUT2D eigenvalue weighted by Gasteiger charge is -2.37. The van der Waals surface area contributed by atoms with Crippen molar-refractivity contribution in [1.29, 1.82) is 0 Å². The fraction of sp³-hybridized carbons (Fsp3) is 0.179. The van der Waals surface area contributed by atoms with Gasteiger partial charge in [-0.25, -0.2) is 4.98 Å². The van der Waals surface area contributed by atoms with Crippen LogP contribution in [0.2, 0.25) is 0 Å².